The van der Waals surface area contributed by atoms with Crippen LogP contribution in [0.15, 0.2) is 18.2 Å². The van der Waals surface area contributed by atoms with E-state index in [9.17, 15) is 0 Å². The van der Waals surface area contributed by atoms with Gasteiger partial charge >= 0.3 is 0 Å². The van der Waals surface area contributed by atoms with Crippen molar-refractivity contribution in [3.05, 3.63) is 29.3 Å². The van der Waals surface area contributed by atoms with Gasteiger partial charge in [0.2, 0.25) is 0 Å². The van der Waals surface area contributed by atoms with Gasteiger partial charge in [-0.25, -0.2) is 0 Å². The molecule has 1 rings (SSSR count). The zero-order chi connectivity index (χ0) is 11.3. The van der Waals surface area contributed by atoms with Gasteiger partial charge in [-0.1, -0.05) is 12.1 Å². The van der Waals surface area contributed by atoms with Gasteiger partial charge in [0.05, 0.1) is 13.7 Å². The van der Waals surface area contributed by atoms with Gasteiger partial charge < -0.3 is 15.2 Å². The van der Waals surface area contributed by atoms with E-state index in [-0.39, 0.29) is 12.6 Å². The molecule has 15 heavy (non-hydrogen) atoms. The summed E-state index contributed by atoms with van der Waals surface area (Å²) in [6.45, 7) is 4.84. The number of aryl methyl sites for hydroxylation is 1. The second-order valence-corrected chi connectivity index (χ2v) is 3.64. The number of methoxy groups -OCH3 is 1. The number of rotatable bonds is 5. The first-order valence-corrected chi connectivity index (χ1v) is 5.17. The Morgan fingerprint density at radius 1 is 1.47 bits per heavy atom. The van der Waals surface area contributed by atoms with Crippen molar-refractivity contribution in [3.8, 4) is 5.75 Å². The van der Waals surface area contributed by atoms with Crippen molar-refractivity contribution in [2.24, 2.45) is 0 Å². The number of benzene rings is 1. The van der Waals surface area contributed by atoms with Crippen molar-refractivity contribution in [2.75, 3.05) is 20.3 Å². The second kappa shape index (κ2) is 5.73. The van der Waals surface area contributed by atoms with E-state index in [0.29, 0.717) is 6.54 Å². The lowest BCUT2D eigenvalue weighted by Crippen LogP contribution is -2.22. The van der Waals surface area contributed by atoms with Crippen LogP contribution in [0, 0.1) is 6.92 Å². The molecule has 0 saturated carbocycles. The van der Waals surface area contributed by atoms with Crippen LogP contribution in [0.2, 0.25) is 0 Å². The summed E-state index contributed by atoms with van der Waals surface area (Å²) in [5.41, 5.74) is 2.31. The lowest BCUT2D eigenvalue weighted by molar-refractivity contribution is 0.285. The van der Waals surface area contributed by atoms with Gasteiger partial charge in [0, 0.05) is 18.2 Å². The molecule has 84 valence electrons. The second-order valence-electron chi connectivity index (χ2n) is 3.64. The summed E-state index contributed by atoms with van der Waals surface area (Å²) in [5, 5.41) is 12.0. The van der Waals surface area contributed by atoms with Gasteiger partial charge in [-0.15, -0.1) is 0 Å². The van der Waals surface area contributed by atoms with Crippen LogP contribution in [-0.4, -0.2) is 25.4 Å². The van der Waals surface area contributed by atoms with E-state index in [1.54, 1.807) is 7.11 Å². The number of nitrogens with one attached hydrogen (secondary N) is 1. The van der Waals surface area contributed by atoms with Gasteiger partial charge in [-0.05, 0) is 25.5 Å². The van der Waals surface area contributed by atoms with E-state index < -0.39 is 0 Å². The lowest BCUT2D eigenvalue weighted by atomic mass is 10.1. The molecule has 0 aromatic heterocycles. The third-order valence-corrected chi connectivity index (χ3v) is 2.42. The molecule has 0 fully saturated rings. The normalized spacial score (nSPS) is 12.5. The standard InChI is InChI=1S/C12H19NO2/c1-9-4-5-11(12(8-9)15-3)10(2)13-6-7-14/h4-5,8,10,13-14H,6-7H2,1-3H3. The SMILES string of the molecule is COc1cc(C)ccc1C(C)NCCO. The predicted molar refractivity (Wildman–Crippen MR) is 61.2 cm³/mol. The van der Waals surface area contributed by atoms with Gasteiger partial charge in [-0.3, -0.25) is 0 Å². The average molecular weight is 209 g/mol. The fraction of sp³-hybridized carbons (Fsp3) is 0.500. The molecule has 1 aromatic carbocycles. The molecule has 0 heterocycles. The minimum Gasteiger partial charge on any atom is -0.496 e. The van der Waals surface area contributed by atoms with Gasteiger partial charge in [-0.2, -0.15) is 0 Å². The Hall–Kier alpha value is -1.06. The molecule has 0 radical (unpaired) electrons. The predicted octanol–water partition coefficient (Wildman–Crippen LogP) is 1.65. The molecular weight excluding hydrogens is 190 g/mol. The fourth-order valence-corrected chi connectivity index (χ4v) is 1.57. The first-order chi connectivity index (χ1) is 7.19. The van der Waals surface area contributed by atoms with Crippen molar-refractivity contribution in [3.63, 3.8) is 0 Å². The van der Waals surface area contributed by atoms with E-state index in [2.05, 4.69) is 24.4 Å². The zero-order valence-corrected chi connectivity index (χ0v) is 9.58. The van der Waals surface area contributed by atoms with E-state index in [4.69, 9.17) is 9.84 Å². The molecule has 3 nitrogen and oxygen atoms in total. The summed E-state index contributed by atoms with van der Waals surface area (Å²) in [7, 11) is 1.68. The summed E-state index contributed by atoms with van der Waals surface area (Å²) >= 11 is 0. The quantitative estimate of drug-likeness (QED) is 0.774. The highest BCUT2D eigenvalue weighted by molar-refractivity contribution is 5.38. The summed E-state index contributed by atoms with van der Waals surface area (Å²) in [6, 6.07) is 6.33. The first kappa shape index (κ1) is 12.0. The maximum absolute atomic E-state index is 8.74. The fourth-order valence-electron chi connectivity index (χ4n) is 1.57. The molecule has 1 aromatic rings. The summed E-state index contributed by atoms with van der Waals surface area (Å²) in [6.07, 6.45) is 0. The van der Waals surface area contributed by atoms with Gasteiger partial charge in [0.15, 0.2) is 0 Å². The maximum atomic E-state index is 8.74. The number of hydrogen-bond donors (Lipinski definition) is 2. The molecule has 0 spiro atoms. The lowest BCUT2D eigenvalue weighted by Gasteiger charge is -2.17. The topological polar surface area (TPSA) is 41.5 Å². The van der Waals surface area contributed by atoms with Gasteiger partial charge in [0.1, 0.15) is 5.75 Å². The molecule has 0 aliphatic heterocycles. The number of ether oxygens (including phenoxy) is 1. The van der Waals surface area contributed by atoms with Crippen LogP contribution >= 0.6 is 0 Å². The highest BCUT2D eigenvalue weighted by atomic mass is 16.5. The largest absolute Gasteiger partial charge is 0.496 e. The molecular formula is C12H19NO2. The Balaban J connectivity index is 2.82. The van der Waals surface area contributed by atoms with Crippen LogP contribution in [-0.2, 0) is 0 Å². The number of hydrogen-bond acceptors (Lipinski definition) is 3. The van der Waals surface area contributed by atoms with E-state index in [1.165, 1.54) is 5.56 Å². The van der Waals surface area contributed by atoms with Crippen LogP contribution in [0.5, 0.6) is 5.75 Å². The molecule has 1 unspecified atom stereocenters. The van der Waals surface area contributed by atoms with E-state index in [0.717, 1.165) is 11.3 Å². The van der Waals surface area contributed by atoms with Crippen molar-refractivity contribution < 1.29 is 9.84 Å². The summed E-state index contributed by atoms with van der Waals surface area (Å²) < 4.78 is 5.32. The molecule has 0 amide bonds. The Morgan fingerprint density at radius 2 is 2.20 bits per heavy atom. The Morgan fingerprint density at radius 3 is 2.80 bits per heavy atom. The van der Waals surface area contributed by atoms with Crippen LogP contribution in [0.1, 0.15) is 24.1 Å². The van der Waals surface area contributed by atoms with Crippen molar-refractivity contribution >= 4 is 0 Å². The summed E-state index contributed by atoms with van der Waals surface area (Å²) in [5.74, 6) is 0.896. The molecule has 2 N–H and O–H groups in total. The van der Waals surface area contributed by atoms with E-state index in [1.807, 2.05) is 13.0 Å². The van der Waals surface area contributed by atoms with Crippen molar-refractivity contribution in [1.82, 2.24) is 5.32 Å². The number of aliphatic hydroxyl groups is 1. The highest BCUT2D eigenvalue weighted by Gasteiger charge is 2.10. The zero-order valence-electron chi connectivity index (χ0n) is 9.58. The third-order valence-electron chi connectivity index (χ3n) is 2.42. The minimum absolute atomic E-state index is 0.151. The third kappa shape index (κ3) is 3.22. The first-order valence-electron chi connectivity index (χ1n) is 5.17. The Kier molecular flexibility index (Phi) is 4.59. The number of aliphatic hydroxyl groups excluding tert-OH is 1. The molecule has 0 bridgehead atoms. The maximum Gasteiger partial charge on any atom is 0.123 e. The summed E-state index contributed by atoms with van der Waals surface area (Å²) in [4.78, 5) is 0. The molecule has 1 atom stereocenters. The Labute approximate surface area is 91.1 Å². The van der Waals surface area contributed by atoms with Crippen LogP contribution in [0.4, 0.5) is 0 Å². The average Bonchev–Trinajstić information content (AvgIpc) is 2.25. The van der Waals surface area contributed by atoms with Crippen molar-refractivity contribution in [2.45, 2.75) is 19.9 Å². The Bertz CT molecular complexity index is 312. The molecule has 0 aliphatic carbocycles. The van der Waals surface area contributed by atoms with Crippen LogP contribution in [0.25, 0.3) is 0 Å². The van der Waals surface area contributed by atoms with Crippen LogP contribution in [0.3, 0.4) is 0 Å². The molecule has 0 aliphatic rings. The van der Waals surface area contributed by atoms with E-state index >= 15 is 0 Å². The molecule has 3 heteroatoms. The van der Waals surface area contributed by atoms with Gasteiger partial charge in [0.25, 0.3) is 0 Å². The van der Waals surface area contributed by atoms with Crippen LogP contribution < -0.4 is 10.1 Å². The molecule has 0 saturated heterocycles. The monoisotopic (exact) mass is 209 g/mol. The smallest absolute Gasteiger partial charge is 0.123 e. The highest BCUT2D eigenvalue weighted by Crippen LogP contribution is 2.25. The van der Waals surface area contributed by atoms with Crippen molar-refractivity contribution in [1.29, 1.82) is 0 Å². The minimum atomic E-state index is 0.151.